The van der Waals surface area contributed by atoms with Gasteiger partial charge in [-0.25, -0.2) is 8.42 Å². The van der Waals surface area contributed by atoms with Gasteiger partial charge in [0.25, 0.3) is 0 Å². The number of alkyl halides is 3. The predicted molar refractivity (Wildman–Crippen MR) is 113 cm³/mol. The van der Waals surface area contributed by atoms with Crippen LogP contribution in [0.15, 0.2) is 59.0 Å². The first-order valence-electron chi connectivity index (χ1n) is 9.48. The Kier molecular flexibility index (Phi) is 6.10. The van der Waals surface area contributed by atoms with Crippen LogP contribution in [0.25, 0.3) is 0 Å². The molecule has 1 unspecified atom stereocenters. The largest absolute Gasteiger partial charge is 0.573 e. The summed E-state index contributed by atoms with van der Waals surface area (Å²) in [4.78, 5) is 14.4. The van der Waals surface area contributed by atoms with Gasteiger partial charge in [-0.3, -0.25) is 4.79 Å². The third kappa shape index (κ3) is 5.19. The first-order valence-corrected chi connectivity index (χ1v) is 11.9. The van der Waals surface area contributed by atoms with Gasteiger partial charge in [-0.15, -0.1) is 13.2 Å². The number of rotatable bonds is 6. The number of thioether (sulfide) groups is 1. The molecule has 2 aromatic rings. The maximum atomic E-state index is 12.8. The van der Waals surface area contributed by atoms with Crippen molar-refractivity contribution < 1.29 is 31.1 Å². The highest BCUT2D eigenvalue weighted by molar-refractivity contribution is 8.03. The Morgan fingerprint density at radius 1 is 1.22 bits per heavy atom. The van der Waals surface area contributed by atoms with Crippen LogP contribution in [0.3, 0.4) is 0 Å². The number of carbonyl (C=O) groups is 1. The van der Waals surface area contributed by atoms with Gasteiger partial charge in [0.05, 0.1) is 11.3 Å². The summed E-state index contributed by atoms with van der Waals surface area (Å²) < 4.78 is 68.4. The van der Waals surface area contributed by atoms with Gasteiger partial charge in [0.2, 0.25) is 15.9 Å². The molecule has 32 heavy (non-hydrogen) atoms. The first-order chi connectivity index (χ1) is 15.1. The molecule has 2 heterocycles. The summed E-state index contributed by atoms with van der Waals surface area (Å²) in [6, 6.07) is 9.73. The molecule has 12 heteroatoms. The van der Waals surface area contributed by atoms with Crippen LogP contribution in [0, 0.1) is 0 Å². The van der Waals surface area contributed by atoms with Crippen LogP contribution in [-0.4, -0.2) is 32.7 Å². The van der Waals surface area contributed by atoms with Crippen molar-refractivity contribution >= 4 is 33.4 Å². The number of hydrogen-bond acceptors (Lipinski definition) is 6. The number of hydrogen-bond donors (Lipinski definition) is 2. The maximum absolute atomic E-state index is 12.8. The van der Waals surface area contributed by atoms with Crippen LogP contribution in [0.5, 0.6) is 5.75 Å². The number of anilines is 1. The van der Waals surface area contributed by atoms with Crippen LogP contribution in [-0.2, 0) is 27.7 Å². The van der Waals surface area contributed by atoms with E-state index in [1.807, 2.05) is 0 Å². The second kappa shape index (κ2) is 8.68. The van der Waals surface area contributed by atoms with Crippen LogP contribution < -0.4 is 19.7 Å². The number of nitrogens with zero attached hydrogens (tertiary/aromatic N) is 1. The molecule has 0 saturated carbocycles. The summed E-state index contributed by atoms with van der Waals surface area (Å²) >= 11 is 1.30. The monoisotopic (exact) mass is 485 g/mol. The van der Waals surface area contributed by atoms with Gasteiger partial charge >= 0.3 is 6.36 Å². The van der Waals surface area contributed by atoms with Gasteiger partial charge in [-0.2, -0.15) is 4.72 Å². The number of fused-ring (bicyclic) bond motifs is 1. The smallest absolute Gasteiger partial charge is 0.406 e. The fourth-order valence-corrected chi connectivity index (χ4v) is 5.54. The fourth-order valence-electron chi connectivity index (χ4n) is 3.44. The molecule has 0 fully saturated rings. The molecule has 0 aromatic heterocycles. The Balaban J connectivity index is 1.43. The zero-order valence-electron chi connectivity index (χ0n) is 16.4. The van der Waals surface area contributed by atoms with Crippen LogP contribution >= 0.6 is 11.8 Å². The van der Waals surface area contributed by atoms with Gasteiger partial charge in [-0.05, 0) is 53.3 Å². The number of carbonyl (C=O) groups excluding carboxylic acids is 1. The van der Waals surface area contributed by atoms with Crippen molar-refractivity contribution in [3.63, 3.8) is 0 Å². The predicted octanol–water partition coefficient (Wildman–Crippen LogP) is 3.09. The summed E-state index contributed by atoms with van der Waals surface area (Å²) in [5.41, 5.74) is 1.43. The molecule has 0 saturated heterocycles. The standard InChI is InChI=1S/C20H18F3N3O4S2/c21-20(22,23)30-15-3-1-13(2-4-15)11-18(27)26-9-7-14-12-16(5-6-17(14)26)32(28,29)25-19-24-8-10-31-19/h1-6,8,10,12,19,24-25H,7,9,11H2. The summed E-state index contributed by atoms with van der Waals surface area (Å²) in [6.45, 7) is 0.393. The van der Waals surface area contributed by atoms with Crippen LogP contribution in [0.1, 0.15) is 11.1 Å². The lowest BCUT2D eigenvalue weighted by Gasteiger charge is -2.18. The molecule has 0 spiro atoms. The minimum Gasteiger partial charge on any atom is -0.406 e. The molecule has 2 aliphatic heterocycles. The van der Waals surface area contributed by atoms with Crippen LogP contribution in [0.2, 0.25) is 0 Å². The number of halogens is 3. The second-order valence-corrected chi connectivity index (χ2v) is 9.79. The van der Waals surface area contributed by atoms with E-state index in [2.05, 4.69) is 14.8 Å². The van der Waals surface area contributed by atoms with Gasteiger partial charge in [0.1, 0.15) is 11.2 Å². The molecule has 170 valence electrons. The van der Waals surface area contributed by atoms with E-state index < -0.39 is 21.9 Å². The Hall–Kier alpha value is -2.70. The number of benzene rings is 2. The lowest BCUT2D eigenvalue weighted by Crippen LogP contribution is -2.38. The van der Waals surface area contributed by atoms with Crippen molar-refractivity contribution in [3.8, 4) is 5.75 Å². The lowest BCUT2D eigenvalue weighted by molar-refractivity contribution is -0.274. The summed E-state index contributed by atoms with van der Waals surface area (Å²) in [6.07, 6.45) is -2.63. The minimum absolute atomic E-state index is 0.00901. The highest BCUT2D eigenvalue weighted by Crippen LogP contribution is 2.31. The van der Waals surface area contributed by atoms with E-state index >= 15 is 0 Å². The molecule has 7 nitrogen and oxygen atoms in total. The molecule has 4 rings (SSSR count). The van der Waals surface area contributed by atoms with Gasteiger partial charge < -0.3 is 15.0 Å². The molecule has 0 aliphatic carbocycles. The topological polar surface area (TPSA) is 87.7 Å². The van der Waals surface area contributed by atoms with E-state index in [0.717, 1.165) is 17.7 Å². The van der Waals surface area contributed by atoms with E-state index in [-0.39, 0.29) is 23.0 Å². The molecule has 2 N–H and O–H groups in total. The Morgan fingerprint density at radius 2 is 1.97 bits per heavy atom. The van der Waals surface area contributed by atoms with E-state index in [0.29, 0.717) is 24.2 Å². The average molecular weight is 486 g/mol. The summed E-state index contributed by atoms with van der Waals surface area (Å²) in [5, 5.41) is 4.62. The molecule has 1 amide bonds. The zero-order valence-corrected chi connectivity index (χ0v) is 18.1. The second-order valence-electron chi connectivity index (χ2n) is 7.06. The van der Waals surface area contributed by atoms with Gasteiger partial charge in [0, 0.05) is 18.4 Å². The highest BCUT2D eigenvalue weighted by atomic mass is 32.2. The van der Waals surface area contributed by atoms with E-state index in [4.69, 9.17) is 0 Å². The third-order valence-corrected chi connectivity index (χ3v) is 7.25. The van der Waals surface area contributed by atoms with E-state index in [9.17, 15) is 26.4 Å². The maximum Gasteiger partial charge on any atom is 0.573 e. The minimum atomic E-state index is -4.78. The molecular formula is C20H18F3N3O4S2. The van der Waals surface area contributed by atoms with Crippen molar-refractivity contribution in [1.82, 2.24) is 10.0 Å². The Bertz CT molecular complexity index is 1140. The Labute approximate surface area is 186 Å². The van der Waals surface area contributed by atoms with Crippen molar-refractivity contribution in [2.24, 2.45) is 0 Å². The number of nitrogens with one attached hydrogen (secondary N) is 2. The van der Waals surface area contributed by atoms with Crippen molar-refractivity contribution in [3.05, 3.63) is 65.2 Å². The lowest BCUT2D eigenvalue weighted by atomic mass is 10.1. The Morgan fingerprint density at radius 3 is 2.62 bits per heavy atom. The molecule has 0 bridgehead atoms. The van der Waals surface area contributed by atoms with Crippen molar-refractivity contribution in [2.45, 2.75) is 29.6 Å². The summed E-state index contributed by atoms with van der Waals surface area (Å²) in [5.74, 6) is -0.593. The van der Waals surface area contributed by atoms with E-state index in [1.54, 1.807) is 28.6 Å². The van der Waals surface area contributed by atoms with Gasteiger partial charge in [-0.1, -0.05) is 23.9 Å². The van der Waals surface area contributed by atoms with Crippen molar-refractivity contribution in [2.75, 3.05) is 11.4 Å². The molecule has 2 aliphatic rings. The molecule has 1 atom stereocenters. The van der Waals surface area contributed by atoms with Crippen molar-refractivity contribution in [1.29, 1.82) is 0 Å². The zero-order chi connectivity index (χ0) is 22.9. The number of ether oxygens (including phenoxy) is 1. The summed E-state index contributed by atoms with van der Waals surface area (Å²) in [7, 11) is -3.74. The first kappa shape index (κ1) is 22.5. The number of amides is 1. The molecule has 2 aromatic carbocycles. The van der Waals surface area contributed by atoms with E-state index in [1.165, 1.54) is 30.0 Å². The number of sulfonamides is 1. The fraction of sp³-hybridized carbons (Fsp3) is 0.250. The third-order valence-electron chi connectivity index (χ3n) is 4.86. The highest BCUT2D eigenvalue weighted by Gasteiger charge is 2.31. The molecule has 0 radical (unpaired) electrons. The SMILES string of the molecule is O=C(Cc1ccc(OC(F)(F)F)cc1)N1CCc2cc(S(=O)(=O)NC3NC=CS3)ccc21. The van der Waals surface area contributed by atoms with Gasteiger partial charge in [0.15, 0.2) is 0 Å². The van der Waals surface area contributed by atoms with Crippen LogP contribution in [0.4, 0.5) is 18.9 Å². The normalized spacial score (nSPS) is 17.8. The average Bonchev–Trinajstić information content (AvgIpc) is 3.37. The molecular weight excluding hydrogens is 467 g/mol. The quantitative estimate of drug-likeness (QED) is 0.654.